The number of hydrogen-bond donors (Lipinski definition) is 1. The lowest BCUT2D eigenvalue weighted by Gasteiger charge is -2.44. The van der Waals surface area contributed by atoms with Gasteiger partial charge < -0.3 is 10.2 Å². The van der Waals surface area contributed by atoms with Crippen molar-refractivity contribution in [2.75, 3.05) is 26.2 Å². The minimum absolute atomic E-state index is 0.773. The molecule has 2 nitrogen and oxygen atoms in total. The van der Waals surface area contributed by atoms with E-state index >= 15 is 0 Å². The summed E-state index contributed by atoms with van der Waals surface area (Å²) in [6.45, 7) is 5.33. The lowest BCUT2D eigenvalue weighted by Crippen LogP contribution is -2.42. The van der Waals surface area contributed by atoms with Crippen LogP contribution >= 0.6 is 0 Å². The molecule has 3 rings (SSSR count). The number of likely N-dealkylation sites (tertiary alicyclic amines) is 1. The van der Waals surface area contributed by atoms with Gasteiger partial charge in [0.2, 0.25) is 0 Å². The monoisotopic (exact) mass is 292 g/mol. The maximum Gasteiger partial charge on any atom is 0.00670 e. The highest BCUT2D eigenvalue weighted by Gasteiger charge is 2.35. The largest absolute Gasteiger partial charge is 0.314 e. The Morgan fingerprint density at radius 1 is 0.810 bits per heavy atom. The Labute approximate surface area is 132 Å². The summed E-state index contributed by atoms with van der Waals surface area (Å²) in [7, 11) is 0. The fourth-order valence-corrected chi connectivity index (χ4v) is 4.97. The number of nitrogens with one attached hydrogen (secondary N) is 1. The summed E-state index contributed by atoms with van der Waals surface area (Å²) >= 11 is 0. The van der Waals surface area contributed by atoms with Crippen molar-refractivity contribution in [3.63, 3.8) is 0 Å². The molecule has 0 atom stereocenters. The van der Waals surface area contributed by atoms with Crippen LogP contribution in [-0.2, 0) is 0 Å². The van der Waals surface area contributed by atoms with E-state index in [0.717, 1.165) is 11.5 Å². The molecule has 1 aliphatic heterocycles. The smallest absolute Gasteiger partial charge is 0.00670 e. The molecule has 0 bridgehead atoms. The van der Waals surface area contributed by atoms with E-state index in [-0.39, 0.29) is 0 Å². The van der Waals surface area contributed by atoms with Gasteiger partial charge in [-0.25, -0.2) is 0 Å². The Kier molecular flexibility index (Phi) is 5.99. The van der Waals surface area contributed by atoms with E-state index in [1.54, 1.807) is 0 Å². The van der Waals surface area contributed by atoms with Crippen LogP contribution in [0.25, 0.3) is 0 Å². The molecule has 1 spiro atoms. The summed E-state index contributed by atoms with van der Waals surface area (Å²) in [6.07, 6.45) is 19.1. The molecular formula is C19H36N2. The summed E-state index contributed by atoms with van der Waals surface area (Å²) in [5.41, 5.74) is 0.773. The Balaban J connectivity index is 1.27. The molecule has 3 aliphatic rings. The topological polar surface area (TPSA) is 15.3 Å². The maximum absolute atomic E-state index is 3.79. The van der Waals surface area contributed by atoms with Crippen LogP contribution in [0.1, 0.15) is 83.5 Å². The van der Waals surface area contributed by atoms with Gasteiger partial charge in [0.15, 0.2) is 0 Å². The Morgan fingerprint density at radius 3 is 2.19 bits per heavy atom. The predicted molar refractivity (Wildman–Crippen MR) is 90.7 cm³/mol. The first-order valence-corrected chi connectivity index (χ1v) is 9.82. The van der Waals surface area contributed by atoms with Crippen LogP contribution in [0.5, 0.6) is 0 Å². The van der Waals surface area contributed by atoms with Gasteiger partial charge in [-0.05, 0) is 76.5 Å². The van der Waals surface area contributed by atoms with Gasteiger partial charge in [-0.1, -0.05) is 38.5 Å². The first-order chi connectivity index (χ1) is 10.4. The molecule has 2 heteroatoms. The minimum atomic E-state index is 0.773. The van der Waals surface area contributed by atoms with Crippen LogP contribution in [0.15, 0.2) is 0 Å². The molecule has 3 fully saturated rings. The summed E-state index contributed by atoms with van der Waals surface area (Å²) in [6, 6.07) is 0.839. The van der Waals surface area contributed by atoms with Crippen LogP contribution in [0.3, 0.4) is 0 Å². The molecule has 1 N–H and O–H groups in total. The lowest BCUT2D eigenvalue weighted by atomic mass is 9.68. The average molecular weight is 293 g/mol. The molecule has 1 saturated heterocycles. The van der Waals surface area contributed by atoms with Gasteiger partial charge >= 0.3 is 0 Å². The Hall–Kier alpha value is -0.0800. The highest BCUT2D eigenvalue weighted by atomic mass is 15.1. The molecule has 0 aromatic carbocycles. The third-order valence-corrected chi connectivity index (χ3v) is 6.52. The van der Waals surface area contributed by atoms with E-state index in [0.29, 0.717) is 0 Å². The second-order valence-electron chi connectivity index (χ2n) is 8.04. The molecule has 0 aromatic rings. The van der Waals surface area contributed by atoms with Gasteiger partial charge in [0.05, 0.1) is 0 Å². The van der Waals surface area contributed by atoms with Gasteiger partial charge in [-0.15, -0.1) is 0 Å². The van der Waals surface area contributed by atoms with Crippen molar-refractivity contribution in [2.24, 2.45) is 5.41 Å². The first kappa shape index (κ1) is 15.8. The van der Waals surface area contributed by atoms with Gasteiger partial charge in [0.25, 0.3) is 0 Å². The predicted octanol–water partition coefficient (Wildman–Crippen LogP) is 4.35. The summed E-state index contributed by atoms with van der Waals surface area (Å²) in [4.78, 5) is 2.74. The molecule has 122 valence electrons. The fraction of sp³-hybridized carbons (Fsp3) is 1.00. The van der Waals surface area contributed by atoms with Crippen LogP contribution in [0.4, 0.5) is 0 Å². The van der Waals surface area contributed by atoms with Crippen molar-refractivity contribution in [2.45, 2.75) is 89.5 Å². The van der Waals surface area contributed by atoms with Crippen molar-refractivity contribution >= 4 is 0 Å². The zero-order valence-corrected chi connectivity index (χ0v) is 14.0. The normalized spacial score (nSPS) is 28.0. The molecule has 0 amide bonds. The summed E-state index contributed by atoms with van der Waals surface area (Å²) in [5.74, 6) is 0. The van der Waals surface area contributed by atoms with Crippen LogP contribution in [0.2, 0.25) is 0 Å². The van der Waals surface area contributed by atoms with Gasteiger partial charge in [-0.3, -0.25) is 0 Å². The number of piperidine rings is 1. The van der Waals surface area contributed by atoms with Crippen LogP contribution in [0, 0.1) is 5.41 Å². The average Bonchev–Trinajstić information content (AvgIpc) is 2.55. The third kappa shape index (κ3) is 4.69. The van der Waals surface area contributed by atoms with Crippen LogP contribution in [-0.4, -0.2) is 37.1 Å². The molecule has 1 heterocycles. The molecule has 2 saturated carbocycles. The highest BCUT2D eigenvalue weighted by molar-refractivity contribution is 4.88. The Bertz CT molecular complexity index is 280. The van der Waals surface area contributed by atoms with Crippen molar-refractivity contribution in [3.05, 3.63) is 0 Å². The van der Waals surface area contributed by atoms with E-state index in [4.69, 9.17) is 0 Å². The highest BCUT2D eigenvalue weighted by Crippen LogP contribution is 2.44. The Morgan fingerprint density at radius 2 is 1.48 bits per heavy atom. The van der Waals surface area contributed by atoms with E-state index in [1.165, 1.54) is 110 Å². The first-order valence-electron chi connectivity index (χ1n) is 9.82. The fourth-order valence-electron chi connectivity index (χ4n) is 4.97. The lowest BCUT2D eigenvalue weighted by molar-refractivity contribution is 0.0672. The maximum atomic E-state index is 3.79. The quantitative estimate of drug-likeness (QED) is 0.758. The molecule has 0 aromatic heterocycles. The summed E-state index contributed by atoms with van der Waals surface area (Å²) in [5, 5.41) is 3.79. The van der Waals surface area contributed by atoms with Crippen molar-refractivity contribution < 1.29 is 0 Å². The molecule has 0 unspecified atom stereocenters. The SMILES string of the molecule is C1CCC(NCCCN2CCC3(CCCCC3)CC2)CC1. The second kappa shape index (κ2) is 7.97. The third-order valence-electron chi connectivity index (χ3n) is 6.52. The molecular weight excluding hydrogens is 256 g/mol. The van der Waals surface area contributed by atoms with Crippen molar-refractivity contribution in [1.82, 2.24) is 10.2 Å². The molecule has 2 aliphatic carbocycles. The van der Waals surface area contributed by atoms with Gasteiger partial charge in [0.1, 0.15) is 0 Å². The van der Waals surface area contributed by atoms with Crippen LogP contribution < -0.4 is 5.32 Å². The van der Waals surface area contributed by atoms with E-state index < -0.39 is 0 Å². The second-order valence-corrected chi connectivity index (χ2v) is 8.04. The van der Waals surface area contributed by atoms with E-state index in [9.17, 15) is 0 Å². The van der Waals surface area contributed by atoms with Gasteiger partial charge in [-0.2, -0.15) is 0 Å². The standard InChI is InChI=1S/C19H36N2/c1-3-8-18(9-4-1)20-14-7-15-21-16-12-19(13-17-21)10-5-2-6-11-19/h18,20H,1-17H2. The minimum Gasteiger partial charge on any atom is -0.314 e. The van der Waals surface area contributed by atoms with E-state index in [2.05, 4.69) is 10.2 Å². The van der Waals surface area contributed by atoms with E-state index in [1.807, 2.05) is 0 Å². The van der Waals surface area contributed by atoms with Gasteiger partial charge in [0, 0.05) is 6.04 Å². The van der Waals surface area contributed by atoms with Crippen molar-refractivity contribution in [1.29, 1.82) is 0 Å². The number of hydrogen-bond acceptors (Lipinski definition) is 2. The molecule has 21 heavy (non-hydrogen) atoms. The zero-order chi connectivity index (χ0) is 14.4. The zero-order valence-electron chi connectivity index (χ0n) is 14.0. The molecule has 0 radical (unpaired) electrons. The number of nitrogens with zero attached hydrogens (tertiary/aromatic N) is 1. The van der Waals surface area contributed by atoms with Crippen molar-refractivity contribution in [3.8, 4) is 0 Å². The number of rotatable bonds is 5. The summed E-state index contributed by atoms with van der Waals surface area (Å²) < 4.78 is 0.